The van der Waals surface area contributed by atoms with Crippen molar-refractivity contribution in [2.75, 3.05) is 0 Å². The van der Waals surface area contributed by atoms with Crippen molar-refractivity contribution in [3.05, 3.63) is 0 Å². The highest BCUT2D eigenvalue weighted by atomic mass is 79.9. The molecule has 9 heavy (non-hydrogen) atoms. The summed E-state index contributed by atoms with van der Waals surface area (Å²) in [7, 11) is 0. The molecule has 0 bridgehead atoms. The first kappa shape index (κ1) is 6.74. The summed E-state index contributed by atoms with van der Waals surface area (Å²) in [4.78, 5) is 8.07. The van der Waals surface area contributed by atoms with Gasteiger partial charge in [0.05, 0.1) is 10.9 Å². The van der Waals surface area contributed by atoms with Gasteiger partial charge in [-0.05, 0) is 6.92 Å². The van der Waals surface area contributed by atoms with Crippen LogP contribution in [-0.2, 0) is 0 Å². The minimum atomic E-state index is 0.211. The van der Waals surface area contributed by atoms with Crippen molar-refractivity contribution >= 4 is 28.1 Å². The van der Waals surface area contributed by atoms with Crippen LogP contribution in [0.5, 0.6) is 0 Å². The quantitative estimate of drug-likeness (QED) is 0.556. The van der Waals surface area contributed by atoms with Gasteiger partial charge in [-0.3, -0.25) is 0 Å². The zero-order chi connectivity index (χ0) is 6.85. The van der Waals surface area contributed by atoms with Crippen LogP contribution in [0.2, 0.25) is 0 Å². The second-order valence-corrected chi connectivity index (χ2v) is 3.01. The van der Waals surface area contributed by atoms with Crippen LogP contribution >= 0.6 is 15.9 Å². The Labute approximate surface area is 62.2 Å². The molecule has 0 aromatic carbocycles. The number of halogens is 1. The molecule has 0 saturated heterocycles. The van der Waals surface area contributed by atoms with Gasteiger partial charge in [0.2, 0.25) is 5.96 Å². The van der Waals surface area contributed by atoms with Gasteiger partial charge in [0, 0.05) is 6.21 Å². The Bertz CT molecular complexity index is 164. The van der Waals surface area contributed by atoms with E-state index >= 15 is 0 Å². The molecule has 0 radical (unpaired) electrons. The molecule has 1 aliphatic heterocycles. The average molecular weight is 190 g/mol. The fourth-order valence-corrected chi connectivity index (χ4v) is 0.822. The molecule has 0 aromatic rings. The maximum atomic E-state index is 5.32. The van der Waals surface area contributed by atoms with Gasteiger partial charge in [-0.2, -0.15) is 0 Å². The number of hydrogen-bond donors (Lipinski definition) is 1. The van der Waals surface area contributed by atoms with E-state index < -0.39 is 0 Å². The van der Waals surface area contributed by atoms with E-state index in [0.29, 0.717) is 5.96 Å². The highest BCUT2D eigenvalue weighted by molar-refractivity contribution is 9.10. The first-order valence-electron chi connectivity index (χ1n) is 2.71. The first-order chi connectivity index (χ1) is 4.20. The van der Waals surface area contributed by atoms with Crippen molar-refractivity contribution < 1.29 is 0 Å². The normalized spacial score (nSPS) is 34.2. The van der Waals surface area contributed by atoms with Crippen LogP contribution < -0.4 is 5.73 Å². The van der Waals surface area contributed by atoms with Crippen LogP contribution in [0, 0.1) is 0 Å². The molecule has 0 aliphatic carbocycles. The van der Waals surface area contributed by atoms with Crippen LogP contribution in [0.15, 0.2) is 9.98 Å². The zero-order valence-corrected chi connectivity index (χ0v) is 6.67. The highest BCUT2D eigenvalue weighted by Crippen LogP contribution is 2.09. The lowest BCUT2D eigenvalue weighted by atomic mass is 10.2. The number of aliphatic imine (C=N–C) groups is 2. The number of rotatable bonds is 0. The monoisotopic (exact) mass is 189 g/mol. The lowest BCUT2D eigenvalue weighted by Crippen LogP contribution is -2.26. The van der Waals surface area contributed by atoms with Crippen molar-refractivity contribution in [2.45, 2.75) is 17.8 Å². The maximum absolute atomic E-state index is 5.32. The number of nitrogens with two attached hydrogens (primary N) is 1. The highest BCUT2D eigenvalue weighted by Gasteiger charge is 2.13. The third kappa shape index (κ3) is 1.51. The molecule has 1 rings (SSSR count). The second kappa shape index (κ2) is 2.47. The second-order valence-electron chi connectivity index (χ2n) is 1.95. The van der Waals surface area contributed by atoms with Gasteiger partial charge in [0.15, 0.2) is 0 Å². The molecule has 1 aliphatic rings. The molecule has 2 unspecified atom stereocenters. The molecule has 0 spiro atoms. The van der Waals surface area contributed by atoms with Crippen molar-refractivity contribution in [1.29, 1.82) is 0 Å². The summed E-state index contributed by atoms with van der Waals surface area (Å²) in [5.41, 5.74) is 5.32. The maximum Gasteiger partial charge on any atom is 0.215 e. The van der Waals surface area contributed by atoms with Crippen LogP contribution in [0.3, 0.4) is 0 Å². The van der Waals surface area contributed by atoms with E-state index in [0.717, 1.165) is 0 Å². The first-order valence-corrected chi connectivity index (χ1v) is 3.63. The Morgan fingerprint density at radius 1 is 1.78 bits per heavy atom. The third-order valence-corrected chi connectivity index (χ3v) is 2.15. The fraction of sp³-hybridized carbons (Fsp3) is 0.600. The van der Waals surface area contributed by atoms with E-state index in [1.165, 1.54) is 0 Å². The van der Waals surface area contributed by atoms with Gasteiger partial charge in [0.25, 0.3) is 0 Å². The molecule has 1 heterocycles. The lowest BCUT2D eigenvalue weighted by molar-refractivity contribution is 0.795. The summed E-state index contributed by atoms with van der Waals surface area (Å²) >= 11 is 3.37. The smallest absolute Gasteiger partial charge is 0.215 e. The number of nitrogens with zero attached hydrogens (tertiary/aromatic N) is 2. The van der Waals surface area contributed by atoms with Gasteiger partial charge >= 0.3 is 0 Å². The van der Waals surface area contributed by atoms with E-state index in [4.69, 9.17) is 5.73 Å². The van der Waals surface area contributed by atoms with Gasteiger partial charge in [-0.25, -0.2) is 9.98 Å². The Hall–Kier alpha value is -0.380. The predicted octanol–water partition coefficient (Wildman–Crippen LogP) is 0.538. The van der Waals surface area contributed by atoms with E-state index in [1.807, 2.05) is 6.92 Å². The molecule has 4 heteroatoms. The van der Waals surface area contributed by atoms with Crippen molar-refractivity contribution in [2.24, 2.45) is 15.7 Å². The van der Waals surface area contributed by atoms with Gasteiger partial charge in [0.1, 0.15) is 0 Å². The SMILES string of the molecule is CC1N=C(N)N=CC1Br. The van der Waals surface area contributed by atoms with Crippen LogP contribution in [0.1, 0.15) is 6.92 Å². The Balaban J connectivity index is 2.70. The molecule has 2 N–H and O–H groups in total. The topological polar surface area (TPSA) is 50.7 Å². The van der Waals surface area contributed by atoms with Gasteiger partial charge in [-0.1, -0.05) is 15.9 Å². The summed E-state index contributed by atoms with van der Waals surface area (Å²) in [6.07, 6.45) is 1.76. The van der Waals surface area contributed by atoms with Gasteiger partial charge < -0.3 is 5.73 Å². The zero-order valence-electron chi connectivity index (χ0n) is 5.08. The van der Waals surface area contributed by atoms with Crippen LogP contribution in [0.25, 0.3) is 0 Å². The van der Waals surface area contributed by atoms with Crippen molar-refractivity contribution in [3.8, 4) is 0 Å². The van der Waals surface area contributed by atoms with E-state index in [9.17, 15) is 0 Å². The number of guanidine groups is 1. The third-order valence-electron chi connectivity index (χ3n) is 1.15. The summed E-state index contributed by atoms with van der Waals surface area (Å²) < 4.78 is 0. The molecule has 0 aromatic heterocycles. The molecule has 0 fully saturated rings. The summed E-state index contributed by atoms with van der Waals surface area (Å²) in [5, 5.41) is 0. The van der Waals surface area contributed by atoms with Crippen molar-refractivity contribution in [3.63, 3.8) is 0 Å². The minimum Gasteiger partial charge on any atom is -0.368 e. The Morgan fingerprint density at radius 3 is 2.89 bits per heavy atom. The Kier molecular flexibility index (Phi) is 1.85. The molecule has 50 valence electrons. The number of alkyl halides is 1. The summed E-state index contributed by atoms with van der Waals surface area (Å²) in [6, 6.07) is 0.211. The minimum absolute atomic E-state index is 0.211. The largest absolute Gasteiger partial charge is 0.368 e. The molecule has 3 nitrogen and oxygen atoms in total. The fourth-order valence-electron chi connectivity index (χ4n) is 0.585. The van der Waals surface area contributed by atoms with E-state index in [2.05, 4.69) is 25.9 Å². The van der Waals surface area contributed by atoms with E-state index in [1.54, 1.807) is 6.21 Å². The van der Waals surface area contributed by atoms with E-state index in [-0.39, 0.29) is 10.9 Å². The number of hydrogen-bond acceptors (Lipinski definition) is 3. The molecule has 0 saturated carbocycles. The van der Waals surface area contributed by atoms with Gasteiger partial charge in [-0.15, -0.1) is 0 Å². The summed E-state index contributed by atoms with van der Waals surface area (Å²) in [5.74, 6) is 0.373. The Morgan fingerprint density at radius 2 is 2.44 bits per heavy atom. The summed E-state index contributed by atoms with van der Waals surface area (Å²) in [6.45, 7) is 1.98. The molecular formula is C5H8BrN3. The average Bonchev–Trinajstić information content (AvgIpc) is 1.80. The molecule has 0 amide bonds. The standard InChI is InChI=1S/C5H8BrN3/c1-3-4(6)2-8-5(7)9-3/h2-4H,1H3,(H2,7,9). The molecular weight excluding hydrogens is 182 g/mol. The lowest BCUT2D eigenvalue weighted by Gasteiger charge is -2.13. The van der Waals surface area contributed by atoms with Crippen LogP contribution in [-0.4, -0.2) is 23.0 Å². The predicted molar refractivity (Wildman–Crippen MR) is 42.3 cm³/mol. The molecule has 2 atom stereocenters. The van der Waals surface area contributed by atoms with Crippen LogP contribution in [0.4, 0.5) is 0 Å². The van der Waals surface area contributed by atoms with Crippen molar-refractivity contribution in [1.82, 2.24) is 0 Å².